The Morgan fingerprint density at radius 2 is 1.72 bits per heavy atom. The minimum atomic E-state index is -0.360. The van der Waals surface area contributed by atoms with E-state index in [0.29, 0.717) is 42.6 Å². The van der Waals surface area contributed by atoms with Gasteiger partial charge in [-0.25, -0.2) is 0 Å². The van der Waals surface area contributed by atoms with Crippen molar-refractivity contribution in [3.63, 3.8) is 0 Å². The Labute approximate surface area is 175 Å². The molecule has 0 atom stereocenters. The quantitative estimate of drug-likeness (QED) is 0.750. The number of carbonyl (C=O) groups is 2. The first kappa shape index (κ1) is 21.0. The molecule has 0 aromatic heterocycles. The Balaban J connectivity index is 1.65. The van der Waals surface area contributed by atoms with E-state index in [1.807, 2.05) is 26.0 Å². The highest BCUT2D eigenvalue weighted by Crippen LogP contribution is 2.33. The third-order valence-electron chi connectivity index (χ3n) is 4.75. The summed E-state index contributed by atoms with van der Waals surface area (Å²) >= 11 is 6.04. The molecule has 0 saturated heterocycles. The fourth-order valence-corrected chi connectivity index (χ4v) is 3.54. The molecule has 0 unspecified atom stereocenters. The second-order valence-corrected chi connectivity index (χ2v) is 7.07. The summed E-state index contributed by atoms with van der Waals surface area (Å²) in [4.78, 5) is 26.6. The summed E-state index contributed by atoms with van der Waals surface area (Å²) in [6, 6.07) is 10.7. The van der Waals surface area contributed by atoms with Gasteiger partial charge in [-0.1, -0.05) is 23.7 Å². The molecule has 1 aliphatic heterocycles. The van der Waals surface area contributed by atoms with Gasteiger partial charge in [0.25, 0.3) is 5.91 Å². The second kappa shape index (κ2) is 9.65. The minimum Gasteiger partial charge on any atom is -0.490 e. The summed E-state index contributed by atoms with van der Waals surface area (Å²) < 4.78 is 11.4. The van der Waals surface area contributed by atoms with Crippen LogP contribution in [-0.4, -0.2) is 43.0 Å². The predicted molar refractivity (Wildman–Crippen MR) is 112 cm³/mol. The number of benzene rings is 2. The largest absolute Gasteiger partial charge is 0.490 e. The van der Waals surface area contributed by atoms with Gasteiger partial charge in [-0.3, -0.25) is 9.59 Å². The molecule has 0 aliphatic carbocycles. The standard InChI is InChI=1S/C22H25ClN2O4/c1-3-28-19-11-15-9-10-25(14-16(15)12-20(19)29-4-2)21(26)13-24-22(27)17-7-5-6-8-18(17)23/h5-8,11-12H,3-4,9-10,13-14H2,1-2H3,(H,24,27). The maximum atomic E-state index is 12.6. The number of nitrogens with one attached hydrogen (secondary N) is 1. The number of ether oxygens (including phenoxy) is 2. The summed E-state index contributed by atoms with van der Waals surface area (Å²) in [6.45, 7) is 5.95. The van der Waals surface area contributed by atoms with Gasteiger partial charge in [-0.2, -0.15) is 0 Å². The van der Waals surface area contributed by atoms with E-state index < -0.39 is 0 Å². The molecule has 0 fully saturated rings. The monoisotopic (exact) mass is 416 g/mol. The first-order chi connectivity index (χ1) is 14.0. The molecule has 2 amide bonds. The van der Waals surface area contributed by atoms with E-state index in [1.54, 1.807) is 29.2 Å². The summed E-state index contributed by atoms with van der Waals surface area (Å²) in [5.41, 5.74) is 2.55. The fourth-order valence-electron chi connectivity index (χ4n) is 3.32. The van der Waals surface area contributed by atoms with Crippen molar-refractivity contribution in [1.82, 2.24) is 10.2 Å². The van der Waals surface area contributed by atoms with Crippen molar-refractivity contribution in [2.75, 3.05) is 26.3 Å². The zero-order chi connectivity index (χ0) is 20.8. The second-order valence-electron chi connectivity index (χ2n) is 6.66. The lowest BCUT2D eigenvalue weighted by Crippen LogP contribution is -2.42. The van der Waals surface area contributed by atoms with E-state index >= 15 is 0 Å². The van der Waals surface area contributed by atoms with E-state index in [0.717, 1.165) is 23.3 Å². The SMILES string of the molecule is CCOc1cc2c(cc1OCC)CN(C(=O)CNC(=O)c1ccccc1Cl)CC2. The molecule has 0 bridgehead atoms. The van der Waals surface area contributed by atoms with Gasteiger partial charge in [0.2, 0.25) is 5.91 Å². The van der Waals surface area contributed by atoms with Crippen molar-refractivity contribution in [3.8, 4) is 11.5 Å². The summed E-state index contributed by atoms with van der Waals surface area (Å²) in [7, 11) is 0. The van der Waals surface area contributed by atoms with Crippen LogP contribution in [0.15, 0.2) is 36.4 Å². The molecule has 2 aromatic rings. The number of fused-ring (bicyclic) bond motifs is 1. The number of halogens is 1. The van der Waals surface area contributed by atoms with Crippen molar-refractivity contribution < 1.29 is 19.1 Å². The van der Waals surface area contributed by atoms with Crippen molar-refractivity contribution in [1.29, 1.82) is 0 Å². The fraction of sp³-hybridized carbons (Fsp3) is 0.364. The van der Waals surface area contributed by atoms with E-state index in [2.05, 4.69) is 5.32 Å². The van der Waals surface area contributed by atoms with Crippen LogP contribution in [0, 0.1) is 0 Å². The molecule has 1 heterocycles. The number of rotatable bonds is 7. The molecule has 6 nitrogen and oxygen atoms in total. The predicted octanol–water partition coefficient (Wildman–Crippen LogP) is 3.45. The average Bonchev–Trinajstić information content (AvgIpc) is 2.72. The van der Waals surface area contributed by atoms with Gasteiger partial charge in [0, 0.05) is 13.1 Å². The molecule has 29 heavy (non-hydrogen) atoms. The van der Waals surface area contributed by atoms with Gasteiger partial charge >= 0.3 is 0 Å². The molecule has 0 spiro atoms. The Kier molecular flexibility index (Phi) is 6.99. The van der Waals surface area contributed by atoms with Crippen molar-refractivity contribution in [2.24, 2.45) is 0 Å². The summed E-state index contributed by atoms with van der Waals surface area (Å²) in [5, 5.41) is 3.02. The first-order valence-electron chi connectivity index (χ1n) is 9.75. The maximum absolute atomic E-state index is 12.6. The molecular weight excluding hydrogens is 392 g/mol. The van der Waals surface area contributed by atoms with Gasteiger partial charge in [-0.15, -0.1) is 0 Å². The zero-order valence-corrected chi connectivity index (χ0v) is 17.4. The molecule has 3 rings (SSSR count). The number of carbonyl (C=O) groups excluding carboxylic acids is 2. The number of amides is 2. The maximum Gasteiger partial charge on any atom is 0.253 e. The van der Waals surface area contributed by atoms with Crippen LogP contribution in [0.5, 0.6) is 11.5 Å². The average molecular weight is 417 g/mol. The molecule has 7 heteroatoms. The summed E-state index contributed by atoms with van der Waals surface area (Å²) in [5.74, 6) is 0.929. The molecule has 2 aromatic carbocycles. The highest BCUT2D eigenvalue weighted by molar-refractivity contribution is 6.33. The topological polar surface area (TPSA) is 67.9 Å². The van der Waals surface area contributed by atoms with Crippen molar-refractivity contribution >= 4 is 23.4 Å². The van der Waals surface area contributed by atoms with Crippen LogP contribution in [0.4, 0.5) is 0 Å². The smallest absolute Gasteiger partial charge is 0.253 e. The van der Waals surface area contributed by atoms with Gasteiger partial charge in [0.1, 0.15) is 0 Å². The minimum absolute atomic E-state index is 0.0747. The third-order valence-corrected chi connectivity index (χ3v) is 5.08. The molecular formula is C22H25ClN2O4. The molecule has 1 aliphatic rings. The first-order valence-corrected chi connectivity index (χ1v) is 10.1. The lowest BCUT2D eigenvalue weighted by Gasteiger charge is -2.30. The number of hydrogen-bond donors (Lipinski definition) is 1. The Bertz CT molecular complexity index is 900. The van der Waals surface area contributed by atoms with Gasteiger partial charge in [0.05, 0.1) is 30.3 Å². The Morgan fingerprint density at radius 3 is 2.38 bits per heavy atom. The molecule has 0 saturated carbocycles. The zero-order valence-electron chi connectivity index (χ0n) is 16.7. The lowest BCUT2D eigenvalue weighted by atomic mass is 9.98. The Morgan fingerprint density at radius 1 is 1.07 bits per heavy atom. The van der Waals surface area contributed by atoms with E-state index in [-0.39, 0.29) is 18.4 Å². The Hall–Kier alpha value is -2.73. The van der Waals surface area contributed by atoms with Crippen LogP contribution in [0.25, 0.3) is 0 Å². The number of hydrogen-bond acceptors (Lipinski definition) is 4. The van der Waals surface area contributed by atoms with Crippen LogP contribution < -0.4 is 14.8 Å². The highest BCUT2D eigenvalue weighted by Gasteiger charge is 2.23. The van der Waals surface area contributed by atoms with Gasteiger partial charge < -0.3 is 19.7 Å². The lowest BCUT2D eigenvalue weighted by molar-refractivity contribution is -0.131. The molecule has 154 valence electrons. The van der Waals surface area contributed by atoms with Crippen LogP contribution >= 0.6 is 11.6 Å². The van der Waals surface area contributed by atoms with Crippen LogP contribution in [0.3, 0.4) is 0 Å². The van der Waals surface area contributed by atoms with E-state index in [4.69, 9.17) is 21.1 Å². The highest BCUT2D eigenvalue weighted by atomic mass is 35.5. The third kappa shape index (κ3) is 5.01. The van der Waals surface area contributed by atoms with Crippen LogP contribution in [0.2, 0.25) is 5.02 Å². The van der Waals surface area contributed by atoms with Crippen LogP contribution in [-0.2, 0) is 17.8 Å². The van der Waals surface area contributed by atoms with Crippen LogP contribution in [0.1, 0.15) is 35.3 Å². The van der Waals surface area contributed by atoms with Crippen molar-refractivity contribution in [2.45, 2.75) is 26.8 Å². The van der Waals surface area contributed by atoms with Gasteiger partial charge in [0.15, 0.2) is 11.5 Å². The summed E-state index contributed by atoms with van der Waals surface area (Å²) in [6.07, 6.45) is 0.728. The van der Waals surface area contributed by atoms with Gasteiger partial charge in [-0.05, 0) is 55.7 Å². The van der Waals surface area contributed by atoms with Crippen molar-refractivity contribution in [3.05, 3.63) is 58.1 Å². The molecule has 0 radical (unpaired) electrons. The van der Waals surface area contributed by atoms with E-state index in [9.17, 15) is 9.59 Å². The molecule has 1 N–H and O–H groups in total. The normalized spacial score (nSPS) is 12.9. The number of nitrogens with zero attached hydrogens (tertiary/aromatic N) is 1. The van der Waals surface area contributed by atoms with E-state index in [1.165, 1.54) is 0 Å².